The van der Waals surface area contributed by atoms with E-state index in [1.165, 1.54) is 17.3 Å². The van der Waals surface area contributed by atoms with Crippen LogP contribution in [0.25, 0.3) is 0 Å². The number of carbonyl (C=O) groups is 2. The Morgan fingerprint density at radius 3 is 2.59 bits per heavy atom. The van der Waals surface area contributed by atoms with Gasteiger partial charge in [-0.3, -0.25) is 14.5 Å². The molecule has 0 bridgehead atoms. The predicted octanol–water partition coefficient (Wildman–Crippen LogP) is 2.35. The van der Waals surface area contributed by atoms with E-state index in [1.807, 2.05) is 28.9 Å². The Morgan fingerprint density at radius 2 is 1.84 bits per heavy atom. The van der Waals surface area contributed by atoms with Crippen molar-refractivity contribution < 1.29 is 19.1 Å². The number of hydrogen-bond acceptors (Lipinski definition) is 9. The highest BCUT2D eigenvalue weighted by molar-refractivity contribution is 7.99. The number of halogens is 1. The molecule has 1 atom stereocenters. The van der Waals surface area contributed by atoms with Gasteiger partial charge < -0.3 is 24.2 Å². The van der Waals surface area contributed by atoms with Crippen molar-refractivity contribution in [1.29, 1.82) is 0 Å². The highest BCUT2D eigenvalue weighted by Crippen LogP contribution is 2.33. The lowest BCUT2D eigenvalue weighted by atomic mass is 10.1. The number of benzene rings is 1. The number of rotatable bonds is 6. The minimum Gasteiger partial charge on any atom is -0.454 e. The molecule has 1 unspecified atom stereocenters. The van der Waals surface area contributed by atoms with Crippen molar-refractivity contribution in [2.45, 2.75) is 31.6 Å². The molecule has 4 heterocycles. The second-order valence-corrected chi connectivity index (χ2v) is 10.8. The number of aromatic nitrogens is 2. The van der Waals surface area contributed by atoms with Crippen LogP contribution >= 0.6 is 23.4 Å². The summed E-state index contributed by atoms with van der Waals surface area (Å²) in [5.74, 6) is 2.72. The maximum Gasteiger partial charge on any atom is 0.233 e. The van der Waals surface area contributed by atoms with Crippen LogP contribution in [-0.2, 0) is 16.1 Å². The third-order valence-electron chi connectivity index (χ3n) is 6.91. The van der Waals surface area contributed by atoms with Crippen molar-refractivity contribution in [1.82, 2.24) is 24.7 Å². The molecular weight excluding hydrogens is 516 g/mol. The summed E-state index contributed by atoms with van der Waals surface area (Å²) in [5, 5.41) is 0.831. The van der Waals surface area contributed by atoms with Gasteiger partial charge in [0.05, 0.1) is 5.75 Å². The molecule has 2 saturated heterocycles. The monoisotopic (exact) mass is 546 g/mol. The van der Waals surface area contributed by atoms with Crippen molar-refractivity contribution in [3.05, 3.63) is 35.0 Å². The summed E-state index contributed by atoms with van der Waals surface area (Å²) in [7, 11) is 0. The highest BCUT2D eigenvalue weighted by Gasteiger charge is 2.27. The van der Waals surface area contributed by atoms with E-state index in [1.54, 1.807) is 13.0 Å². The highest BCUT2D eigenvalue weighted by atomic mass is 35.5. The maximum atomic E-state index is 12.9. The van der Waals surface area contributed by atoms with Gasteiger partial charge in [0, 0.05) is 71.4 Å². The summed E-state index contributed by atoms with van der Waals surface area (Å²) in [6.45, 7) is 9.69. The lowest BCUT2D eigenvalue weighted by Gasteiger charge is -2.40. The Kier molecular flexibility index (Phi) is 7.92. The Hall–Kier alpha value is -2.76. The molecular formula is C25H31ClN6O4S. The third-order valence-corrected chi connectivity index (χ3v) is 7.94. The van der Waals surface area contributed by atoms with E-state index >= 15 is 0 Å². The average Bonchev–Trinajstić information content (AvgIpc) is 3.35. The van der Waals surface area contributed by atoms with Crippen LogP contribution in [-0.4, -0.2) is 101 Å². The molecule has 2 amide bonds. The predicted molar refractivity (Wildman–Crippen MR) is 141 cm³/mol. The Labute approximate surface area is 225 Å². The number of fused-ring (bicyclic) bond motifs is 1. The first-order chi connectivity index (χ1) is 17.9. The summed E-state index contributed by atoms with van der Waals surface area (Å²) < 4.78 is 10.9. The molecule has 10 nitrogen and oxygen atoms in total. The molecule has 37 heavy (non-hydrogen) atoms. The van der Waals surface area contributed by atoms with E-state index in [9.17, 15) is 9.59 Å². The van der Waals surface area contributed by atoms with Crippen LogP contribution in [0.3, 0.4) is 0 Å². The van der Waals surface area contributed by atoms with Crippen molar-refractivity contribution >= 4 is 41.0 Å². The number of carbonyl (C=O) groups excluding carboxylic acids is 2. The average molecular weight is 547 g/mol. The molecule has 2 aromatic rings. The minimum atomic E-state index is 0.0709. The molecule has 0 aliphatic carbocycles. The van der Waals surface area contributed by atoms with Gasteiger partial charge in [0.1, 0.15) is 11.0 Å². The molecule has 198 valence electrons. The molecule has 1 aromatic carbocycles. The third kappa shape index (κ3) is 6.22. The number of thioether (sulfide) groups is 1. The molecule has 0 N–H and O–H groups in total. The van der Waals surface area contributed by atoms with Crippen LogP contribution in [0.1, 0.15) is 19.4 Å². The number of nitrogens with zero attached hydrogens (tertiary/aromatic N) is 6. The van der Waals surface area contributed by atoms with Gasteiger partial charge in [-0.2, -0.15) is 0 Å². The molecule has 1 aromatic heterocycles. The summed E-state index contributed by atoms with van der Waals surface area (Å²) in [5.41, 5.74) is 1.17. The summed E-state index contributed by atoms with van der Waals surface area (Å²) in [4.78, 5) is 41.9. The van der Waals surface area contributed by atoms with E-state index in [0.29, 0.717) is 43.0 Å². The van der Waals surface area contributed by atoms with Gasteiger partial charge in [-0.15, -0.1) is 0 Å². The van der Waals surface area contributed by atoms with E-state index in [2.05, 4.69) is 25.8 Å². The van der Waals surface area contributed by atoms with Gasteiger partial charge >= 0.3 is 0 Å². The quantitative estimate of drug-likeness (QED) is 0.307. The van der Waals surface area contributed by atoms with Gasteiger partial charge in [-0.1, -0.05) is 29.4 Å². The van der Waals surface area contributed by atoms with Crippen molar-refractivity contribution in [2.75, 3.05) is 63.3 Å². The molecule has 0 spiro atoms. The van der Waals surface area contributed by atoms with E-state index in [0.717, 1.165) is 37.0 Å². The SMILES string of the molecule is CC(=O)N1CCN(c2cc(Cl)nc(SCC(=O)N3CCN(Cc4ccc5c(c4)OCO5)CC3)n2)CC1C. The zero-order valence-corrected chi connectivity index (χ0v) is 22.6. The topological polar surface area (TPSA) is 91.3 Å². The lowest BCUT2D eigenvalue weighted by molar-refractivity contribution is -0.131. The zero-order chi connectivity index (χ0) is 25.9. The van der Waals surface area contributed by atoms with E-state index < -0.39 is 0 Å². The van der Waals surface area contributed by atoms with Gasteiger partial charge in [0.2, 0.25) is 18.6 Å². The lowest BCUT2D eigenvalue weighted by Crippen LogP contribution is -2.53. The fraction of sp³-hybridized carbons (Fsp3) is 0.520. The Balaban J connectivity index is 1.11. The number of amides is 2. The fourth-order valence-corrected chi connectivity index (χ4v) is 5.90. The van der Waals surface area contributed by atoms with Crippen LogP contribution in [0.15, 0.2) is 29.4 Å². The van der Waals surface area contributed by atoms with Crippen molar-refractivity contribution in [3.8, 4) is 11.5 Å². The largest absolute Gasteiger partial charge is 0.454 e. The van der Waals surface area contributed by atoms with Crippen molar-refractivity contribution in [3.63, 3.8) is 0 Å². The van der Waals surface area contributed by atoms with Crippen LogP contribution in [0.2, 0.25) is 5.15 Å². The van der Waals surface area contributed by atoms with Gasteiger partial charge in [-0.05, 0) is 24.6 Å². The molecule has 3 aliphatic heterocycles. The molecule has 0 radical (unpaired) electrons. The van der Waals surface area contributed by atoms with Gasteiger partial charge in [-0.25, -0.2) is 9.97 Å². The maximum absolute atomic E-state index is 12.9. The normalized spacial score (nSPS) is 19.9. The van der Waals surface area contributed by atoms with Crippen LogP contribution < -0.4 is 14.4 Å². The molecule has 2 fully saturated rings. The molecule has 5 rings (SSSR count). The summed E-state index contributed by atoms with van der Waals surface area (Å²) >= 11 is 7.60. The summed E-state index contributed by atoms with van der Waals surface area (Å²) in [6, 6.07) is 7.86. The van der Waals surface area contributed by atoms with Crippen molar-refractivity contribution in [2.24, 2.45) is 0 Å². The standard InChI is InChI=1S/C25H31ClN6O4S/c1-17-13-31(9-10-32(17)18(2)33)23-12-22(26)27-25(28-23)37-15-24(34)30-7-5-29(6-8-30)14-19-3-4-20-21(11-19)36-16-35-20/h3-4,11-12,17H,5-10,13-16H2,1-2H3. The van der Waals surface area contributed by atoms with Crippen LogP contribution in [0, 0.1) is 0 Å². The molecule has 0 saturated carbocycles. The number of ether oxygens (including phenoxy) is 2. The van der Waals surface area contributed by atoms with Gasteiger partial charge in [0.25, 0.3) is 0 Å². The second-order valence-electron chi connectivity index (χ2n) is 9.47. The Morgan fingerprint density at radius 1 is 1.05 bits per heavy atom. The number of anilines is 1. The number of piperazine rings is 2. The first kappa shape index (κ1) is 25.9. The fourth-order valence-electron chi connectivity index (χ4n) is 4.92. The molecule has 3 aliphatic rings. The molecule has 12 heteroatoms. The smallest absolute Gasteiger partial charge is 0.233 e. The summed E-state index contributed by atoms with van der Waals surface area (Å²) in [6.07, 6.45) is 0. The van der Waals surface area contributed by atoms with E-state index in [4.69, 9.17) is 21.1 Å². The van der Waals surface area contributed by atoms with Crippen LogP contribution in [0.4, 0.5) is 5.82 Å². The van der Waals surface area contributed by atoms with Gasteiger partial charge in [0.15, 0.2) is 16.7 Å². The zero-order valence-electron chi connectivity index (χ0n) is 21.1. The minimum absolute atomic E-state index is 0.0709. The first-order valence-electron chi connectivity index (χ1n) is 12.4. The Bertz CT molecular complexity index is 1160. The van der Waals surface area contributed by atoms with Crippen LogP contribution in [0.5, 0.6) is 11.5 Å². The second kappa shape index (κ2) is 11.3. The first-order valence-corrected chi connectivity index (χ1v) is 13.8. The van der Waals surface area contributed by atoms with E-state index in [-0.39, 0.29) is 30.4 Å². The number of hydrogen-bond donors (Lipinski definition) is 0.